The largest absolute Gasteiger partial charge is 0.457 e. The number of amides is 2. The van der Waals surface area contributed by atoms with E-state index in [2.05, 4.69) is 15.5 Å². The Morgan fingerprint density at radius 1 is 0.804 bits per heavy atom. The van der Waals surface area contributed by atoms with Crippen molar-refractivity contribution in [3.05, 3.63) is 161 Å². The predicted molar refractivity (Wildman–Crippen MR) is 197 cm³/mol. The number of ether oxygens (including phenoxy) is 3. The Labute approximate surface area is 299 Å². The molecule has 1 saturated heterocycles. The van der Waals surface area contributed by atoms with Crippen LogP contribution in [-0.2, 0) is 22.6 Å². The third kappa shape index (κ3) is 9.82. The number of aliphatic hydroxyl groups is 2. The fourth-order valence-electron chi connectivity index (χ4n) is 6.07. The number of para-hydroxylation sites is 1. The second-order valence-corrected chi connectivity index (χ2v) is 12.9. The lowest BCUT2D eigenvalue weighted by atomic mass is 9.98. The molecule has 0 aromatic heterocycles. The summed E-state index contributed by atoms with van der Waals surface area (Å²) < 4.78 is 18.9. The number of benzene rings is 5. The Hall–Kier alpha value is -5.03. The quantitative estimate of drug-likeness (QED) is 0.0996. The van der Waals surface area contributed by atoms with Crippen LogP contribution in [0.4, 0.5) is 10.5 Å². The molecule has 9 nitrogen and oxygen atoms in total. The molecule has 2 amide bonds. The summed E-state index contributed by atoms with van der Waals surface area (Å²) in [5.41, 5.74) is 5.16. The number of hydrogen-bond donors (Lipinski definition) is 4. The summed E-state index contributed by atoms with van der Waals surface area (Å²) in [6.07, 6.45) is -1.03. The van der Waals surface area contributed by atoms with Gasteiger partial charge in [-0.25, -0.2) is 4.79 Å². The highest BCUT2D eigenvalue weighted by Gasteiger charge is 2.34. The molecule has 1 aliphatic rings. The summed E-state index contributed by atoms with van der Waals surface area (Å²) in [5.74, 6) is 1.42. The first-order valence-corrected chi connectivity index (χ1v) is 17.2. The molecule has 5 aromatic rings. The molecule has 0 aliphatic carbocycles. The van der Waals surface area contributed by atoms with Crippen LogP contribution in [0.2, 0.25) is 0 Å². The highest BCUT2D eigenvalue weighted by molar-refractivity contribution is 5.89. The number of rotatable bonds is 13. The Morgan fingerprint density at radius 3 is 2.08 bits per heavy atom. The average molecular weight is 688 g/mol. The molecular formula is C42H45N3O6. The Bertz CT molecular complexity index is 1800. The normalized spacial score (nSPS) is 18.5. The van der Waals surface area contributed by atoms with Crippen LogP contribution in [0, 0.1) is 0 Å². The van der Waals surface area contributed by atoms with Gasteiger partial charge in [0.05, 0.1) is 24.9 Å². The topological polar surface area (TPSA) is 113 Å². The number of carbonyl (C=O) groups is 1. The van der Waals surface area contributed by atoms with Gasteiger partial charge in [0.1, 0.15) is 11.5 Å². The number of nitrogens with zero attached hydrogens (tertiary/aromatic N) is 1. The van der Waals surface area contributed by atoms with Gasteiger partial charge in [-0.05, 0) is 72.6 Å². The molecule has 5 atom stereocenters. The Balaban J connectivity index is 1.06. The monoisotopic (exact) mass is 687 g/mol. The SMILES string of the molecule is C[C@H]([C@@H](O)c1ccccc1)N(C)C[C@@H]1C[C@H](c2ccc(CO)cc2)O[C@H](c2ccc(CNC(=O)Nc3ccc(Oc4ccccc4)cc3)cc2)O1. The first kappa shape index (κ1) is 35.8. The fraction of sp³-hybridized carbons (Fsp3) is 0.262. The molecule has 1 fully saturated rings. The van der Waals surface area contributed by atoms with E-state index in [1.807, 2.05) is 135 Å². The molecule has 0 bridgehead atoms. The van der Waals surface area contributed by atoms with Gasteiger partial charge in [0.15, 0.2) is 6.29 Å². The number of aliphatic hydroxyl groups excluding tert-OH is 2. The van der Waals surface area contributed by atoms with Crippen molar-refractivity contribution in [1.29, 1.82) is 0 Å². The molecule has 0 radical (unpaired) electrons. The molecular weight excluding hydrogens is 642 g/mol. The van der Waals surface area contributed by atoms with Crippen molar-refractivity contribution in [3.63, 3.8) is 0 Å². The van der Waals surface area contributed by atoms with Crippen LogP contribution < -0.4 is 15.4 Å². The molecule has 0 saturated carbocycles. The van der Waals surface area contributed by atoms with Gasteiger partial charge in [-0.15, -0.1) is 0 Å². The fourth-order valence-corrected chi connectivity index (χ4v) is 6.07. The summed E-state index contributed by atoms with van der Waals surface area (Å²) in [5, 5.41) is 26.4. The zero-order valence-electron chi connectivity index (χ0n) is 28.9. The van der Waals surface area contributed by atoms with E-state index in [4.69, 9.17) is 14.2 Å². The summed E-state index contributed by atoms with van der Waals surface area (Å²) in [7, 11) is 2.00. The summed E-state index contributed by atoms with van der Waals surface area (Å²) in [6, 6.07) is 41.6. The van der Waals surface area contributed by atoms with Crippen LogP contribution in [0.15, 0.2) is 133 Å². The first-order chi connectivity index (χ1) is 24.8. The van der Waals surface area contributed by atoms with Crippen molar-refractivity contribution in [1.82, 2.24) is 10.2 Å². The van der Waals surface area contributed by atoms with E-state index in [1.165, 1.54) is 0 Å². The minimum atomic E-state index is -0.642. The van der Waals surface area contributed by atoms with Gasteiger partial charge < -0.3 is 35.1 Å². The van der Waals surface area contributed by atoms with Gasteiger partial charge in [-0.1, -0.05) is 97.1 Å². The third-order valence-electron chi connectivity index (χ3n) is 9.20. The van der Waals surface area contributed by atoms with Crippen molar-refractivity contribution >= 4 is 11.7 Å². The highest BCUT2D eigenvalue weighted by atomic mass is 16.7. The van der Waals surface area contributed by atoms with Crippen molar-refractivity contribution in [3.8, 4) is 11.5 Å². The van der Waals surface area contributed by atoms with Crippen molar-refractivity contribution in [2.24, 2.45) is 0 Å². The molecule has 6 rings (SSSR count). The van der Waals surface area contributed by atoms with Gasteiger partial charge in [0.25, 0.3) is 0 Å². The minimum absolute atomic E-state index is 0.0207. The van der Waals surface area contributed by atoms with E-state index in [-0.39, 0.29) is 30.9 Å². The van der Waals surface area contributed by atoms with Crippen molar-refractivity contribution in [2.45, 2.75) is 57.1 Å². The molecule has 264 valence electrons. The standard InChI is InChI=1S/C42H45N3O6/c1-29(40(47)33-9-5-3-6-10-33)45(2)27-38-25-39(32-17-15-31(28-46)16-18-32)51-41(50-38)34-19-13-30(14-20-34)26-43-42(48)44-35-21-23-37(24-22-35)49-36-11-7-4-8-12-36/h3-24,29,38-41,46-47H,25-28H2,1-2H3,(H2,43,44,48)/t29-,38+,39-,40-,41-/m1/s1. The number of anilines is 1. The van der Waals surface area contributed by atoms with Crippen LogP contribution in [-0.4, -0.2) is 46.9 Å². The molecule has 9 heteroatoms. The second-order valence-electron chi connectivity index (χ2n) is 12.9. The van der Waals surface area contributed by atoms with E-state index >= 15 is 0 Å². The number of carbonyl (C=O) groups excluding carboxylic acids is 1. The van der Waals surface area contributed by atoms with E-state index in [1.54, 1.807) is 12.1 Å². The number of urea groups is 1. The molecule has 1 heterocycles. The summed E-state index contributed by atoms with van der Waals surface area (Å²) >= 11 is 0. The van der Waals surface area contributed by atoms with Gasteiger partial charge in [-0.2, -0.15) is 0 Å². The third-order valence-corrected chi connectivity index (χ3v) is 9.20. The molecule has 4 N–H and O–H groups in total. The number of hydrogen-bond acceptors (Lipinski definition) is 7. The highest BCUT2D eigenvalue weighted by Crippen LogP contribution is 2.38. The molecule has 51 heavy (non-hydrogen) atoms. The Kier molecular flexibility index (Phi) is 12.1. The second kappa shape index (κ2) is 17.3. The number of nitrogens with one attached hydrogen (secondary N) is 2. The van der Waals surface area contributed by atoms with Crippen LogP contribution >= 0.6 is 0 Å². The van der Waals surface area contributed by atoms with Crippen molar-refractivity contribution < 1.29 is 29.2 Å². The van der Waals surface area contributed by atoms with Gasteiger partial charge in [0.2, 0.25) is 0 Å². The maximum absolute atomic E-state index is 12.7. The zero-order valence-corrected chi connectivity index (χ0v) is 28.9. The summed E-state index contributed by atoms with van der Waals surface area (Å²) in [6.45, 7) is 2.93. The van der Waals surface area contributed by atoms with Crippen LogP contribution in [0.5, 0.6) is 11.5 Å². The van der Waals surface area contributed by atoms with E-state index in [9.17, 15) is 15.0 Å². The van der Waals surface area contributed by atoms with Crippen LogP contribution in [0.25, 0.3) is 0 Å². The van der Waals surface area contributed by atoms with Crippen molar-refractivity contribution in [2.75, 3.05) is 18.9 Å². The molecule has 5 aromatic carbocycles. The summed E-state index contributed by atoms with van der Waals surface area (Å²) in [4.78, 5) is 14.8. The molecule has 0 spiro atoms. The van der Waals surface area contributed by atoms with Gasteiger partial charge in [-0.3, -0.25) is 4.90 Å². The van der Waals surface area contributed by atoms with Gasteiger partial charge in [0, 0.05) is 36.8 Å². The smallest absolute Gasteiger partial charge is 0.319 e. The predicted octanol–water partition coefficient (Wildman–Crippen LogP) is 7.89. The van der Waals surface area contributed by atoms with Crippen LogP contribution in [0.3, 0.4) is 0 Å². The van der Waals surface area contributed by atoms with E-state index in [0.29, 0.717) is 30.9 Å². The lowest BCUT2D eigenvalue weighted by Crippen LogP contribution is -2.43. The van der Waals surface area contributed by atoms with Crippen LogP contribution in [0.1, 0.15) is 59.7 Å². The molecule has 1 aliphatic heterocycles. The zero-order chi connectivity index (χ0) is 35.6. The number of likely N-dealkylation sites (N-methyl/N-ethyl adjacent to an activating group) is 1. The first-order valence-electron chi connectivity index (χ1n) is 17.2. The van der Waals surface area contributed by atoms with E-state index < -0.39 is 12.4 Å². The van der Waals surface area contributed by atoms with Gasteiger partial charge >= 0.3 is 6.03 Å². The van der Waals surface area contributed by atoms with E-state index in [0.717, 1.165) is 33.6 Å². The Morgan fingerprint density at radius 2 is 1.41 bits per heavy atom. The maximum atomic E-state index is 12.7. The maximum Gasteiger partial charge on any atom is 0.319 e. The minimum Gasteiger partial charge on any atom is -0.457 e. The lowest BCUT2D eigenvalue weighted by Gasteiger charge is -2.39. The molecule has 0 unspecified atom stereocenters. The average Bonchev–Trinajstić information content (AvgIpc) is 3.18. The lowest BCUT2D eigenvalue weighted by molar-refractivity contribution is -0.253.